The normalized spacial score (nSPS) is 10.3. The molecule has 0 saturated carbocycles. The lowest BCUT2D eigenvalue weighted by Gasteiger charge is -2.03. The molecule has 8 heteroatoms. The lowest BCUT2D eigenvalue weighted by atomic mass is 10.4. The lowest BCUT2D eigenvalue weighted by Crippen LogP contribution is -2.08. The van der Waals surface area contributed by atoms with Crippen LogP contribution in [0, 0.1) is 0 Å². The largest absolute Gasteiger partial charge is 0.466 e. The summed E-state index contributed by atoms with van der Waals surface area (Å²) >= 11 is 1.63. The van der Waals surface area contributed by atoms with E-state index < -0.39 is 0 Å². The maximum absolute atomic E-state index is 11.1. The molecule has 0 aliphatic rings. The second-order valence-corrected chi connectivity index (χ2v) is 4.61. The Kier molecular flexibility index (Phi) is 6.20. The van der Waals surface area contributed by atoms with E-state index in [2.05, 4.69) is 15.0 Å². The monoisotopic (exact) mass is 271 g/mol. The van der Waals surface area contributed by atoms with Crippen LogP contribution in [0.5, 0.6) is 0 Å². The Bertz CT molecular complexity index is 382. The van der Waals surface area contributed by atoms with Gasteiger partial charge in [0.1, 0.15) is 5.82 Å². The fourth-order valence-corrected chi connectivity index (χ4v) is 2.06. The number of nitrogens with two attached hydrogens (primary N) is 2. The zero-order valence-corrected chi connectivity index (χ0v) is 11.1. The fourth-order valence-electron chi connectivity index (χ4n) is 1.22. The minimum Gasteiger partial charge on any atom is -0.466 e. The van der Waals surface area contributed by atoms with Gasteiger partial charge in [0.05, 0.1) is 13.0 Å². The first kappa shape index (κ1) is 14.5. The zero-order chi connectivity index (χ0) is 13.4. The van der Waals surface area contributed by atoms with Gasteiger partial charge in [0.15, 0.2) is 0 Å². The Morgan fingerprint density at radius 1 is 1.22 bits per heavy atom. The van der Waals surface area contributed by atoms with Crippen LogP contribution in [0.2, 0.25) is 0 Å². The van der Waals surface area contributed by atoms with Crippen molar-refractivity contribution >= 4 is 29.6 Å². The second kappa shape index (κ2) is 7.70. The average molecular weight is 271 g/mol. The summed E-state index contributed by atoms with van der Waals surface area (Å²) in [5.41, 5.74) is 10.9. The van der Waals surface area contributed by atoms with E-state index in [9.17, 15) is 4.79 Å². The van der Waals surface area contributed by atoms with Gasteiger partial charge in [-0.2, -0.15) is 26.7 Å². The van der Waals surface area contributed by atoms with Crippen molar-refractivity contribution in [2.45, 2.75) is 19.8 Å². The van der Waals surface area contributed by atoms with Gasteiger partial charge in [0.2, 0.25) is 11.9 Å². The number of nitrogens with zero attached hydrogens (tertiary/aromatic N) is 3. The van der Waals surface area contributed by atoms with Crippen molar-refractivity contribution in [1.82, 2.24) is 15.0 Å². The number of thioether (sulfide) groups is 1. The molecule has 0 amide bonds. The van der Waals surface area contributed by atoms with E-state index in [-0.39, 0.29) is 17.9 Å². The van der Waals surface area contributed by atoms with Crippen LogP contribution in [0.3, 0.4) is 0 Å². The summed E-state index contributed by atoms with van der Waals surface area (Å²) in [6.07, 6.45) is 1.06. The van der Waals surface area contributed by atoms with Crippen molar-refractivity contribution in [2.24, 2.45) is 0 Å². The van der Waals surface area contributed by atoms with E-state index in [1.54, 1.807) is 18.7 Å². The number of nitrogen functional groups attached to an aromatic ring is 2. The molecule has 0 atom stereocenters. The van der Waals surface area contributed by atoms with E-state index in [0.717, 1.165) is 11.5 Å². The highest BCUT2D eigenvalue weighted by atomic mass is 32.2. The summed E-state index contributed by atoms with van der Waals surface area (Å²) < 4.78 is 4.82. The fraction of sp³-hybridized carbons (Fsp3) is 0.600. The van der Waals surface area contributed by atoms with Crippen molar-refractivity contribution in [3.05, 3.63) is 5.82 Å². The molecule has 1 heterocycles. The highest BCUT2D eigenvalue weighted by Crippen LogP contribution is 2.07. The van der Waals surface area contributed by atoms with E-state index in [1.165, 1.54) is 0 Å². The number of esters is 1. The standard InChI is InChI=1S/C10H17N5O2S/c1-2-17-8(16)4-6-18-5-3-7-13-9(11)15-10(12)14-7/h2-6H2,1H3,(H4,11,12,13,14,15). The van der Waals surface area contributed by atoms with Gasteiger partial charge in [-0.25, -0.2) is 0 Å². The maximum Gasteiger partial charge on any atom is 0.306 e. The van der Waals surface area contributed by atoms with Crippen LogP contribution >= 0.6 is 11.8 Å². The van der Waals surface area contributed by atoms with Gasteiger partial charge in [0.25, 0.3) is 0 Å². The predicted molar refractivity (Wildman–Crippen MR) is 70.9 cm³/mol. The highest BCUT2D eigenvalue weighted by molar-refractivity contribution is 7.99. The lowest BCUT2D eigenvalue weighted by molar-refractivity contribution is -0.142. The van der Waals surface area contributed by atoms with Crippen molar-refractivity contribution in [3.8, 4) is 0 Å². The molecule has 7 nitrogen and oxygen atoms in total. The minimum atomic E-state index is -0.168. The van der Waals surface area contributed by atoms with Gasteiger partial charge in [-0.1, -0.05) is 0 Å². The molecule has 0 fully saturated rings. The quantitative estimate of drug-likeness (QED) is 0.536. The molecule has 0 aliphatic heterocycles. The Hall–Kier alpha value is -1.57. The first-order valence-corrected chi connectivity index (χ1v) is 6.76. The van der Waals surface area contributed by atoms with Crippen molar-refractivity contribution in [2.75, 3.05) is 29.6 Å². The SMILES string of the molecule is CCOC(=O)CCSCCc1nc(N)nc(N)n1. The first-order valence-electron chi connectivity index (χ1n) is 5.61. The average Bonchev–Trinajstić information content (AvgIpc) is 2.27. The summed E-state index contributed by atoms with van der Waals surface area (Å²) in [7, 11) is 0. The number of aromatic nitrogens is 3. The molecule has 0 radical (unpaired) electrons. The third kappa shape index (κ3) is 5.67. The molecule has 1 aromatic rings. The first-order chi connectivity index (χ1) is 8.61. The van der Waals surface area contributed by atoms with Gasteiger partial charge in [-0.05, 0) is 6.92 Å². The second-order valence-electron chi connectivity index (χ2n) is 3.39. The summed E-state index contributed by atoms with van der Waals surface area (Å²) in [6, 6.07) is 0. The molecular weight excluding hydrogens is 254 g/mol. The third-order valence-electron chi connectivity index (χ3n) is 1.94. The minimum absolute atomic E-state index is 0.133. The van der Waals surface area contributed by atoms with Gasteiger partial charge < -0.3 is 16.2 Å². The number of aryl methyl sites for hydroxylation is 1. The molecule has 100 valence electrons. The molecule has 0 aromatic carbocycles. The number of rotatable bonds is 7. The summed E-state index contributed by atoms with van der Waals surface area (Å²) in [4.78, 5) is 22.7. The number of hydrogen-bond acceptors (Lipinski definition) is 8. The number of anilines is 2. The summed E-state index contributed by atoms with van der Waals surface area (Å²) in [6.45, 7) is 2.22. The molecular formula is C10H17N5O2S. The van der Waals surface area contributed by atoms with Gasteiger partial charge in [0, 0.05) is 17.9 Å². The van der Waals surface area contributed by atoms with Crippen LogP contribution < -0.4 is 11.5 Å². The maximum atomic E-state index is 11.1. The molecule has 0 bridgehead atoms. The van der Waals surface area contributed by atoms with Crippen molar-refractivity contribution in [1.29, 1.82) is 0 Å². The topological polar surface area (TPSA) is 117 Å². The molecule has 1 rings (SSSR count). The van der Waals surface area contributed by atoms with E-state index >= 15 is 0 Å². The molecule has 18 heavy (non-hydrogen) atoms. The Balaban J connectivity index is 2.19. The van der Waals surface area contributed by atoms with E-state index in [4.69, 9.17) is 16.2 Å². The zero-order valence-electron chi connectivity index (χ0n) is 10.3. The van der Waals surface area contributed by atoms with Crippen LogP contribution in [-0.2, 0) is 16.0 Å². The van der Waals surface area contributed by atoms with Gasteiger partial charge >= 0.3 is 5.97 Å². The number of hydrogen-bond donors (Lipinski definition) is 2. The van der Waals surface area contributed by atoms with Gasteiger partial charge in [-0.15, -0.1) is 0 Å². The van der Waals surface area contributed by atoms with Crippen LogP contribution in [0.15, 0.2) is 0 Å². The van der Waals surface area contributed by atoms with Gasteiger partial charge in [-0.3, -0.25) is 4.79 Å². The Labute approximate surface area is 110 Å². The molecule has 0 spiro atoms. The predicted octanol–water partition coefficient (Wildman–Crippen LogP) is 0.265. The molecule has 0 unspecified atom stereocenters. The smallest absolute Gasteiger partial charge is 0.306 e. The number of carbonyl (C=O) groups is 1. The third-order valence-corrected chi connectivity index (χ3v) is 2.93. The number of carbonyl (C=O) groups excluding carboxylic acids is 1. The molecule has 0 aliphatic carbocycles. The Morgan fingerprint density at radius 2 is 1.89 bits per heavy atom. The molecule has 4 N–H and O–H groups in total. The van der Waals surface area contributed by atoms with Crippen molar-refractivity contribution in [3.63, 3.8) is 0 Å². The van der Waals surface area contributed by atoms with E-state index in [0.29, 0.717) is 25.3 Å². The molecule has 1 aromatic heterocycles. The van der Waals surface area contributed by atoms with Crippen LogP contribution in [0.25, 0.3) is 0 Å². The highest BCUT2D eigenvalue weighted by Gasteiger charge is 2.04. The summed E-state index contributed by atoms with van der Waals surface area (Å²) in [5.74, 6) is 2.18. The number of ether oxygens (including phenoxy) is 1. The summed E-state index contributed by atoms with van der Waals surface area (Å²) in [5, 5.41) is 0. The van der Waals surface area contributed by atoms with E-state index in [1.807, 2.05) is 0 Å². The Morgan fingerprint density at radius 3 is 2.50 bits per heavy atom. The molecule has 0 saturated heterocycles. The van der Waals surface area contributed by atoms with Crippen LogP contribution in [0.4, 0.5) is 11.9 Å². The van der Waals surface area contributed by atoms with Crippen LogP contribution in [-0.4, -0.2) is 39.0 Å². The van der Waals surface area contributed by atoms with Crippen molar-refractivity contribution < 1.29 is 9.53 Å². The van der Waals surface area contributed by atoms with Crippen LogP contribution in [0.1, 0.15) is 19.2 Å².